The molecule has 34 heavy (non-hydrogen) atoms. The van der Waals surface area contributed by atoms with E-state index in [-0.39, 0.29) is 26.3 Å². The fraction of sp³-hybridized carbons (Fsp3) is 0.409. The monoisotopic (exact) mass is 486 g/mol. The van der Waals surface area contributed by atoms with Gasteiger partial charge in [0.25, 0.3) is 10.2 Å². The minimum atomic E-state index is -3.78. The van der Waals surface area contributed by atoms with E-state index in [4.69, 9.17) is 24.3 Å². The fourth-order valence-corrected chi connectivity index (χ4v) is 4.76. The van der Waals surface area contributed by atoms with Crippen molar-refractivity contribution in [3.8, 4) is 17.1 Å². The zero-order chi connectivity index (χ0) is 23.5. The largest absolute Gasteiger partial charge is 0.473 e. The van der Waals surface area contributed by atoms with Gasteiger partial charge in [-0.2, -0.15) is 12.7 Å². The summed E-state index contributed by atoms with van der Waals surface area (Å²) in [5.74, 6) is 0.314. The molecule has 4 heterocycles. The molecule has 2 fully saturated rings. The highest BCUT2D eigenvalue weighted by Gasteiger charge is 2.28. The maximum Gasteiger partial charge on any atom is 0.277 e. The lowest BCUT2D eigenvalue weighted by molar-refractivity contribution is -0.0254. The van der Waals surface area contributed by atoms with Gasteiger partial charge < -0.3 is 19.1 Å². The lowest BCUT2D eigenvalue weighted by atomic mass is 10.1. The topological polar surface area (TPSA) is 133 Å². The lowest BCUT2D eigenvalue weighted by Crippen LogP contribution is -2.49. The third kappa shape index (κ3) is 5.10. The number of nitrogens with two attached hydrogens (primary N) is 1. The summed E-state index contributed by atoms with van der Waals surface area (Å²) in [6, 6.07) is 10.1. The van der Waals surface area contributed by atoms with Crippen LogP contribution in [0.15, 0.2) is 42.7 Å². The number of pyridine rings is 1. The standard InChI is InChI=1S/C22H26N6O5S/c23-34(29,30)28-9-12-32-18(14-28)15-33-22-21-20(24-5-6-25-21)13-19(26-22)16-1-3-17(4-2-16)27-7-10-31-11-8-27/h1-6,13,18H,7-12,14-15H2,(H2,23,29,30)/t18-/m0/s1. The molecule has 2 N–H and O–H groups in total. The summed E-state index contributed by atoms with van der Waals surface area (Å²) in [4.78, 5) is 15.8. The molecule has 5 rings (SSSR count). The number of nitrogens with zero attached hydrogens (tertiary/aromatic N) is 5. The van der Waals surface area contributed by atoms with Crippen molar-refractivity contribution in [2.24, 2.45) is 5.14 Å². The Labute approximate surface area is 197 Å². The van der Waals surface area contributed by atoms with Crippen molar-refractivity contribution in [3.05, 3.63) is 42.7 Å². The van der Waals surface area contributed by atoms with Crippen LogP contribution in [0.4, 0.5) is 5.69 Å². The Balaban J connectivity index is 1.37. The van der Waals surface area contributed by atoms with E-state index in [2.05, 4.69) is 27.0 Å². The van der Waals surface area contributed by atoms with Crippen LogP contribution in [-0.4, -0.2) is 86.4 Å². The highest BCUT2D eigenvalue weighted by atomic mass is 32.2. The summed E-state index contributed by atoms with van der Waals surface area (Å²) in [5.41, 5.74) is 3.93. The first kappa shape index (κ1) is 22.9. The number of morpholine rings is 2. The van der Waals surface area contributed by atoms with Gasteiger partial charge in [-0.15, -0.1) is 0 Å². The van der Waals surface area contributed by atoms with E-state index in [1.54, 1.807) is 12.4 Å². The van der Waals surface area contributed by atoms with Crippen LogP contribution >= 0.6 is 0 Å². The Morgan fingerprint density at radius 3 is 2.59 bits per heavy atom. The number of ether oxygens (including phenoxy) is 3. The second-order valence-electron chi connectivity index (χ2n) is 8.09. The van der Waals surface area contributed by atoms with Crippen molar-refractivity contribution < 1.29 is 22.6 Å². The van der Waals surface area contributed by atoms with E-state index in [9.17, 15) is 8.42 Å². The second-order valence-corrected chi connectivity index (χ2v) is 9.64. The number of benzene rings is 1. The van der Waals surface area contributed by atoms with Crippen LogP contribution in [0.1, 0.15) is 0 Å². The molecule has 0 amide bonds. The average molecular weight is 487 g/mol. The SMILES string of the molecule is NS(=O)(=O)N1CCO[C@H](COc2nc(-c3ccc(N4CCOCC4)cc3)cc3nccnc23)C1. The van der Waals surface area contributed by atoms with Crippen molar-refractivity contribution in [2.45, 2.75) is 6.10 Å². The molecule has 0 radical (unpaired) electrons. The molecule has 1 aromatic carbocycles. The zero-order valence-electron chi connectivity index (χ0n) is 18.5. The van der Waals surface area contributed by atoms with Crippen LogP contribution < -0.4 is 14.8 Å². The summed E-state index contributed by atoms with van der Waals surface area (Å²) in [7, 11) is -3.78. The summed E-state index contributed by atoms with van der Waals surface area (Å²) < 4.78 is 41.6. The predicted octanol–water partition coefficient (Wildman–Crippen LogP) is 0.812. The van der Waals surface area contributed by atoms with Gasteiger partial charge in [-0.3, -0.25) is 4.98 Å². The smallest absolute Gasteiger partial charge is 0.277 e. The first-order valence-corrected chi connectivity index (χ1v) is 12.5. The molecule has 180 valence electrons. The Hall–Kier alpha value is -2.90. The van der Waals surface area contributed by atoms with Crippen LogP contribution in [0, 0.1) is 0 Å². The molecule has 0 spiro atoms. The number of hydrogen-bond donors (Lipinski definition) is 1. The van der Waals surface area contributed by atoms with Gasteiger partial charge in [0.15, 0.2) is 5.52 Å². The van der Waals surface area contributed by atoms with Gasteiger partial charge in [0, 0.05) is 49.8 Å². The Morgan fingerprint density at radius 2 is 1.82 bits per heavy atom. The fourth-order valence-electron chi connectivity index (χ4n) is 4.05. The number of aromatic nitrogens is 3. The number of fused-ring (bicyclic) bond motifs is 1. The molecular formula is C22H26N6O5S. The molecule has 0 unspecified atom stereocenters. The van der Waals surface area contributed by atoms with Gasteiger partial charge in [0.1, 0.15) is 12.7 Å². The maximum atomic E-state index is 11.7. The predicted molar refractivity (Wildman–Crippen MR) is 126 cm³/mol. The summed E-state index contributed by atoms with van der Waals surface area (Å²) >= 11 is 0. The molecule has 0 aliphatic carbocycles. The highest BCUT2D eigenvalue weighted by molar-refractivity contribution is 7.86. The molecule has 0 bridgehead atoms. The summed E-state index contributed by atoms with van der Waals surface area (Å²) in [6.07, 6.45) is 2.72. The summed E-state index contributed by atoms with van der Waals surface area (Å²) in [5, 5.41) is 5.26. The molecule has 11 nitrogen and oxygen atoms in total. The van der Waals surface area contributed by atoms with Crippen molar-refractivity contribution >= 4 is 26.9 Å². The molecule has 2 aliphatic heterocycles. The number of rotatable bonds is 6. The third-order valence-corrected chi connectivity index (χ3v) is 6.88. The van der Waals surface area contributed by atoms with Gasteiger partial charge in [-0.05, 0) is 18.2 Å². The number of anilines is 1. The molecule has 2 saturated heterocycles. The first-order valence-electron chi connectivity index (χ1n) is 11.0. The van der Waals surface area contributed by atoms with E-state index in [0.29, 0.717) is 22.6 Å². The van der Waals surface area contributed by atoms with E-state index in [1.165, 1.54) is 4.31 Å². The Morgan fingerprint density at radius 1 is 1.06 bits per heavy atom. The average Bonchev–Trinajstić information content (AvgIpc) is 2.87. The van der Waals surface area contributed by atoms with Gasteiger partial charge in [0.05, 0.1) is 31.0 Å². The third-order valence-electron chi connectivity index (χ3n) is 5.83. The van der Waals surface area contributed by atoms with Crippen LogP contribution in [0.25, 0.3) is 22.3 Å². The zero-order valence-corrected chi connectivity index (χ0v) is 19.4. The minimum absolute atomic E-state index is 0.101. The molecule has 3 aromatic rings. The molecule has 12 heteroatoms. The minimum Gasteiger partial charge on any atom is -0.473 e. The van der Waals surface area contributed by atoms with Crippen molar-refractivity contribution in [1.82, 2.24) is 19.3 Å². The van der Waals surface area contributed by atoms with Gasteiger partial charge >= 0.3 is 0 Å². The van der Waals surface area contributed by atoms with Crippen molar-refractivity contribution in [2.75, 3.05) is 57.5 Å². The van der Waals surface area contributed by atoms with Gasteiger partial charge in [0.2, 0.25) is 5.88 Å². The lowest BCUT2D eigenvalue weighted by Gasteiger charge is -2.30. The summed E-state index contributed by atoms with van der Waals surface area (Å²) in [6.45, 7) is 3.88. The van der Waals surface area contributed by atoms with Gasteiger partial charge in [-0.25, -0.2) is 15.1 Å². The Kier molecular flexibility index (Phi) is 6.57. The molecular weight excluding hydrogens is 460 g/mol. The van der Waals surface area contributed by atoms with Crippen LogP contribution in [0.5, 0.6) is 5.88 Å². The van der Waals surface area contributed by atoms with Crippen molar-refractivity contribution in [3.63, 3.8) is 0 Å². The van der Waals surface area contributed by atoms with Crippen LogP contribution in [0.2, 0.25) is 0 Å². The number of hydrogen-bond acceptors (Lipinski definition) is 9. The van der Waals surface area contributed by atoms with Crippen LogP contribution in [0.3, 0.4) is 0 Å². The second kappa shape index (κ2) is 9.76. The van der Waals surface area contributed by atoms with E-state index in [0.717, 1.165) is 37.6 Å². The van der Waals surface area contributed by atoms with Crippen molar-refractivity contribution in [1.29, 1.82) is 0 Å². The normalized spacial score (nSPS) is 19.9. The molecule has 2 aromatic heterocycles. The molecule has 0 saturated carbocycles. The van der Waals surface area contributed by atoms with E-state index < -0.39 is 16.3 Å². The molecule has 2 aliphatic rings. The molecule has 1 atom stereocenters. The highest BCUT2D eigenvalue weighted by Crippen LogP contribution is 2.29. The van der Waals surface area contributed by atoms with E-state index >= 15 is 0 Å². The van der Waals surface area contributed by atoms with E-state index in [1.807, 2.05) is 18.2 Å². The maximum absolute atomic E-state index is 11.7. The van der Waals surface area contributed by atoms with Gasteiger partial charge in [-0.1, -0.05) is 12.1 Å². The van der Waals surface area contributed by atoms with Crippen LogP contribution in [-0.2, 0) is 19.7 Å². The quantitative estimate of drug-likeness (QED) is 0.537. The Bertz CT molecular complexity index is 1250. The first-order chi connectivity index (χ1) is 16.5.